The predicted molar refractivity (Wildman–Crippen MR) is 72.1 cm³/mol. The summed E-state index contributed by atoms with van der Waals surface area (Å²) in [4.78, 5) is 2.46. The van der Waals surface area contributed by atoms with Crippen LogP contribution in [0.2, 0.25) is 5.02 Å². The zero-order valence-corrected chi connectivity index (χ0v) is 10.8. The predicted octanol–water partition coefficient (Wildman–Crippen LogP) is 2.39. The minimum atomic E-state index is 0.319. The van der Waals surface area contributed by atoms with E-state index in [-0.39, 0.29) is 0 Å². The van der Waals surface area contributed by atoms with E-state index < -0.39 is 0 Å². The van der Waals surface area contributed by atoms with Crippen molar-refractivity contribution in [2.45, 2.75) is 6.04 Å². The van der Waals surface area contributed by atoms with Crippen LogP contribution in [-0.4, -0.2) is 36.0 Å². The van der Waals surface area contributed by atoms with E-state index in [0.29, 0.717) is 12.6 Å². The minimum Gasteiger partial charge on any atom is -0.329 e. The number of rotatable bonds is 3. The van der Waals surface area contributed by atoms with Gasteiger partial charge in [0.25, 0.3) is 0 Å². The van der Waals surface area contributed by atoms with Crippen molar-refractivity contribution in [1.29, 1.82) is 0 Å². The maximum atomic E-state index is 6.02. The molecule has 1 atom stereocenters. The Hall–Kier alpha value is -0.220. The Morgan fingerprint density at radius 1 is 1.38 bits per heavy atom. The monoisotopic (exact) mass is 256 g/mol. The lowest BCUT2D eigenvalue weighted by molar-refractivity contribution is 0.223. The van der Waals surface area contributed by atoms with E-state index in [0.717, 1.165) is 18.1 Å². The third kappa shape index (κ3) is 2.92. The van der Waals surface area contributed by atoms with E-state index >= 15 is 0 Å². The second-order valence-corrected chi connectivity index (χ2v) is 5.62. The van der Waals surface area contributed by atoms with Gasteiger partial charge in [-0.1, -0.05) is 23.7 Å². The smallest absolute Gasteiger partial charge is 0.0471 e. The molecular formula is C12H17ClN2S. The highest BCUT2D eigenvalue weighted by molar-refractivity contribution is 7.99. The normalized spacial score (nSPS) is 19.6. The largest absolute Gasteiger partial charge is 0.329 e. The van der Waals surface area contributed by atoms with Gasteiger partial charge in [-0.2, -0.15) is 11.8 Å². The third-order valence-corrected chi connectivity index (χ3v) is 4.12. The van der Waals surface area contributed by atoms with Crippen LogP contribution in [0.1, 0.15) is 11.6 Å². The first-order chi connectivity index (χ1) is 7.81. The molecular weight excluding hydrogens is 240 g/mol. The van der Waals surface area contributed by atoms with Gasteiger partial charge in [-0.15, -0.1) is 0 Å². The van der Waals surface area contributed by atoms with Crippen LogP contribution in [-0.2, 0) is 0 Å². The van der Waals surface area contributed by atoms with Gasteiger partial charge in [-0.05, 0) is 17.7 Å². The molecule has 0 spiro atoms. The first-order valence-corrected chi connectivity index (χ1v) is 7.12. The Labute approximate surface area is 106 Å². The highest BCUT2D eigenvalue weighted by Crippen LogP contribution is 2.25. The van der Waals surface area contributed by atoms with Gasteiger partial charge in [0.05, 0.1) is 0 Å². The molecule has 0 saturated carbocycles. The molecule has 0 aromatic heterocycles. The minimum absolute atomic E-state index is 0.319. The number of nitrogens with two attached hydrogens (primary N) is 1. The van der Waals surface area contributed by atoms with Crippen molar-refractivity contribution in [3.8, 4) is 0 Å². The Balaban J connectivity index is 2.14. The molecule has 16 heavy (non-hydrogen) atoms. The zero-order valence-electron chi connectivity index (χ0n) is 9.23. The van der Waals surface area contributed by atoms with Crippen LogP contribution >= 0.6 is 23.4 Å². The molecule has 2 rings (SSSR count). The summed E-state index contributed by atoms with van der Waals surface area (Å²) in [5.41, 5.74) is 7.13. The molecule has 1 fully saturated rings. The standard InChI is InChI=1S/C12H17ClN2S/c13-11-3-1-2-10(8-11)12(9-14)15-4-6-16-7-5-15/h1-3,8,12H,4-7,9,14H2/t12-/m0/s1. The lowest BCUT2D eigenvalue weighted by atomic mass is 10.1. The van der Waals surface area contributed by atoms with E-state index in [1.165, 1.54) is 17.1 Å². The number of hydrogen-bond acceptors (Lipinski definition) is 3. The maximum Gasteiger partial charge on any atom is 0.0471 e. The summed E-state index contributed by atoms with van der Waals surface area (Å²) >= 11 is 8.04. The van der Waals surface area contributed by atoms with Crippen molar-refractivity contribution >= 4 is 23.4 Å². The molecule has 0 amide bonds. The number of nitrogens with zero attached hydrogens (tertiary/aromatic N) is 1. The Kier molecular flexibility index (Phi) is 4.53. The van der Waals surface area contributed by atoms with Gasteiger partial charge in [-0.3, -0.25) is 4.90 Å². The summed E-state index contributed by atoms with van der Waals surface area (Å²) < 4.78 is 0. The molecule has 1 heterocycles. The molecule has 1 aromatic rings. The molecule has 0 aliphatic carbocycles. The van der Waals surface area contributed by atoms with Gasteiger partial charge in [-0.25, -0.2) is 0 Å². The maximum absolute atomic E-state index is 6.02. The lowest BCUT2D eigenvalue weighted by Gasteiger charge is -2.34. The van der Waals surface area contributed by atoms with Crippen LogP contribution in [0.4, 0.5) is 0 Å². The van der Waals surface area contributed by atoms with E-state index in [9.17, 15) is 0 Å². The summed E-state index contributed by atoms with van der Waals surface area (Å²) in [6.45, 7) is 2.91. The molecule has 0 unspecified atom stereocenters. The average Bonchev–Trinajstić information content (AvgIpc) is 2.31. The van der Waals surface area contributed by atoms with E-state index in [1.807, 2.05) is 30.0 Å². The highest BCUT2D eigenvalue weighted by Gasteiger charge is 2.21. The van der Waals surface area contributed by atoms with Crippen molar-refractivity contribution in [3.63, 3.8) is 0 Å². The zero-order chi connectivity index (χ0) is 11.4. The molecule has 2 nitrogen and oxygen atoms in total. The summed E-state index contributed by atoms with van der Waals surface area (Å²) in [7, 11) is 0. The molecule has 0 radical (unpaired) electrons. The molecule has 2 N–H and O–H groups in total. The first kappa shape index (κ1) is 12.2. The molecule has 0 bridgehead atoms. The van der Waals surface area contributed by atoms with Crippen molar-refractivity contribution in [2.24, 2.45) is 5.73 Å². The van der Waals surface area contributed by atoms with Crippen LogP contribution < -0.4 is 5.73 Å². The topological polar surface area (TPSA) is 29.3 Å². The van der Waals surface area contributed by atoms with Crippen LogP contribution in [0.3, 0.4) is 0 Å². The highest BCUT2D eigenvalue weighted by atomic mass is 35.5. The quantitative estimate of drug-likeness (QED) is 0.901. The fraction of sp³-hybridized carbons (Fsp3) is 0.500. The van der Waals surface area contributed by atoms with Gasteiger partial charge in [0.15, 0.2) is 0 Å². The fourth-order valence-corrected chi connectivity index (χ4v) is 3.23. The van der Waals surface area contributed by atoms with E-state index in [2.05, 4.69) is 11.0 Å². The van der Waals surface area contributed by atoms with Crippen molar-refractivity contribution in [2.75, 3.05) is 31.1 Å². The summed E-state index contributed by atoms with van der Waals surface area (Å²) in [6, 6.07) is 8.37. The number of benzene rings is 1. The summed E-state index contributed by atoms with van der Waals surface area (Å²) in [5, 5.41) is 0.794. The van der Waals surface area contributed by atoms with Gasteiger partial charge < -0.3 is 5.73 Å². The Bertz CT molecular complexity index is 340. The summed E-state index contributed by atoms with van der Waals surface area (Å²) in [5.74, 6) is 2.41. The lowest BCUT2D eigenvalue weighted by Crippen LogP contribution is -2.39. The average molecular weight is 257 g/mol. The van der Waals surface area contributed by atoms with Gasteiger partial charge in [0.2, 0.25) is 0 Å². The van der Waals surface area contributed by atoms with Crippen LogP contribution in [0.15, 0.2) is 24.3 Å². The van der Waals surface area contributed by atoms with Crippen LogP contribution in [0.25, 0.3) is 0 Å². The van der Waals surface area contributed by atoms with Crippen LogP contribution in [0, 0.1) is 0 Å². The van der Waals surface area contributed by atoms with Gasteiger partial charge in [0, 0.05) is 42.2 Å². The molecule has 88 valence electrons. The number of hydrogen-bond donors (Lipinski definition) is 1. The SMILES string of the molecule is NC[C@@H](c1cccc(Cl)c1)N1CCSCC1. The molecule has 1 saturated heterocycles. The molecule has 1 aliphatic heterocycles. The fourth-order valence-electron chi connectivity index (χ4n) is 2.10. The van der Waals surface area contributed by atoms with E-state index in [1.54, 1.807) is 0 Å². The first-order valence-electron chi connectivity index (χ1n) is 5.58. The van der Waals surface area contributed by atoms with Gasteiger partial charge in [0.1, 0.15) is 0 Å². The molecule has 1 aliphatic rings. The van der Waals surface area contributed by atoms with Crippen molar-refractivity contribution < 1.29 is 0 Å². The van der Waals surface area contributed by atoms with Crippen LogP contribution in [0.5, 0.6) is 0 Å². The van der Waals surface area contributed by atoms with Gasteiger partial charge >= 0.3 is 0 Å². The summed E-state index contributed by atoms with van der Waals surface area (Å²) in [6.07, 6.45) is 0. The van der Waals surface area contributed by atoms with Crippen molar-refractivity contribution in [3.05, 3.63) is 34.9 Å². The third-order valence-electron chi connectivity index (χ3n) is 2.94. The number of halogens is 1. The molecule has 4 heteroatoms. The molecule has 1 aromatic carbocycles. The van der Waals surface area contributed by atoms with E-state index in [4.69, 9.17) is 17.3 Å². The Morgan fingerprint density at radius 3 is 2.75 bits per heavy atom. The van der Waals surface area contributed by atoms with Crippen molar-refractivity contribution in [1.82, 2.24) is 4.90 Å². The Morgan fingerprint density at radius 2 is 2.12 bits per heavy atom. The second-order valence-electron chi connectivity index (χ2n) is 3.95. The number of thioether (sulfide) groups is 1. The second kappa shape index (κ2) is 5.92.